The third kappa shape index (κ3) is 4.04. The predicted octanol–water partition coefficient (Wildman–Crippen LogP) is 5.95. The van der Waals surface area contributed by atoms with Crippen molar-refractivity contribution in [3.63, 3.8) is 0 Å². The molecule has 0 saturated carbocycles. The molecule has 3 aromatic carbocycles. The molecule has 2 aliphatic rings. The molecule has 1 aliphatic carbocycles. The molecule has 0 bridgehead atoms. The van der Waals surface area contributed by atoms with Gasteiger partial charge in [-0.2, -0.15) is 0 Å². The van der Waals surface area contributed by atoms with Crippen LogP contribution in [-0.2, 0) is 10.0 Å². The lowest BCUT2D eigenvalue weighted by molar-refractivity contribution is 0.341. The summed E-state index contributed by atoms with van der Waals surface area (Å²) in [6.07, 6.45) is 5.26. The lowest BCUT2D eigenvalue weighted by atomic mass is 9.77. The van der Waals surface area contributed by atoms with E-state index in [2.05, 4.69) is 28.3 Å². The maximum absolute atomic E-state index is 13.3. The van der Waals surface area contributed by atoms with Crippen LogP contribution in [0.1, 0.15) is 40.6 Å². The maximum atomic E-state index is 13.3. The van der Waals surface area contributed by atoms with Crippen LogP contribution >= 0.6 is 0 Å². The monoisotopic (exact) mass is 490 g/mol. The van der Waals surface area contributed by atoms with E-state index in [-0.39, 0.29) is 22.8 Å². The van der Waals surface area contributed by atoms with Gasteiger partial charge in [0.15, 0.2) is 11.5 Å². The third-order valence-electron chi connectivity index (χ3n) is 7.13. The number of aryl methyl sites for hydroxylation is 2. The Morgan fingerprint density at radius 2 is 1.69 bits per heavy atom. The van der Waals surface area contributed by atoms with Crippen molar-refractivity contribution in [2.45, 2.75) is 37.1 Å². The maximum Gasteiger partial charge on any atom is 0.261 e. The first-order chi connectivity index (χ1) is 16.8. The van der Waals surface area contributed by atoms with Gasteiger partial charge >= 0.3 is 0 Å². The molecule has 1 heterocycles. The fourth-order valence-corrected chi connectivity index (χ4v) is 6.61. The molecule has 6 nitrogen and oxygen atoms in total. The van der Waals surface area contributed by atoms with Crippen molar-refractivity contribution in [3.05, 3.63) is 89.0 Å². The highest BCUT2D eigenvalue weighted by Gasteiger charge is 2.40. The summed E-state index contributed by atoms with van der Waals surface area (Å²) in [5.74, 6) is 1.74. The van der Waals surface area contributed by atoms with Crippen LogP contribution in [0.3, 0.4) is 0 Å². The van der Waals surface area contributed by atoms with Gasteiger partial charge in [-0.05, 0) is 67.1 Å². The van der Waals surface area contributed by atoms with Crippen molar-refractivity contribution in [3.8, 4) is 11.5 Å². The zero-order chi connectivity index (χ0) is 24.7. The van der Waals surface area contributed by atoms with Crippen LogP contribution < -0.4 is 19.5 Å². The standard InChI is InChI=1S/C28H30N2O4S/c1-17-8-5-9-18(2)26(17)30-35(31,32)19-14-15-24-23(16-19)20-10-6-11-21(20)27(29-24)22-12-7-13-25(33-3)28(22)34-4/h5-10,12-16,20-21,27,29-30H,11H2,1-4H3/t20-,21+,27-/m1/s1. The lowest BCUT2D eigenvalue weighted by Crippen LogP contribution is -2.29. The number of anilines is 2. The number of ether oxygens (including phenoxy) is 2. The van der Waals surface area contributed by atoms with Crippen LogP contribution in [0, 0.1) is 19.8 Å². The lowest BCUT2D eigenvalue weighted by Gasteiger charge is -2.38. The number of sulfonamides is 1. The van der Waals surface area contributed by atoms with E-state index >= 15 is 0 Å². The van der Waals surface area contributed by atoms with Gasteiger partial charge in [-0.1, -0.05) is 42.5 Å². The number of hydrogen-bond donors (Lipinski definition) is 2. The Morgan fingerprint density at radius 3 is 2.40 bits per heavy atom. The molecule has 3 atom stereocenters. The quantitative estimate of drug-likeness (QED) is 0.418. The van der Waals surface area contributed by atoms with Crippen molar-refractivity contribution in [2.24, 2.45) is 5.92 Å². The number of hydrogen-bond acceptors (Lipinski definition) is 5. The molecule has 2 N–H and O–H groups in total. The van der Waals surface area contributed by atoms with Gasteiger partial charge < -0.3 is 14.8 Å². The highest BCUT2D eigenvalue weighted by molar-refractivity contribution is 7.92. The highest BCUT2D eigenvalue weighted by atomic mass is 32.2. The molecule has 182 valence electrons. The van der Waals surface area contributed by atoms with Crippen LogP contribution in [0.15, 0.2) is 71.6 Å². The number of para-hydroxylation sites is 2. The molecule has 5 rings (SSSR count). The van der Waals surface area contributed by atoms with Crippen LogP contribution in [-0.4, -0.2) is 22.6 Å². The Balaban J connectivity index is 1.53. The van der Waals surface area contributed by atoms with Crippen LogP contribution in [0.5, 0.6) is 11.5 Å². The molecule has 0 spiro atoms. The van der Waals surface area contributed by atoms with Gasteiger partial charge in [0.2, 0.25) is 0 Å². The van der Waals surface area contributed by atoms with Gasteiger partial charge in [0.1, 0.15) is 0 Å². The largest absolute Gasteiger partial charge is 0.493 e. The average Bonchev–Trinajstić information content (AvgIpc) is 3.35. The number of nitrogens with one attached hydrogen (secondary N) is 2. The summed E-state index contributed by atoms with van der Waals surface area (Å²) >= 11 is 0. The van der Waals surface area contributed by atoms with Crippen LogP contribution in [0.25, 0.3) is 0 Å². The molecule has 3 aromatic rings. The molecule has 0 fully saturated rings. The van der Waals surface area contributed by atoms with Gasteiger partial charge in [0, 0.05) is 17.2 Å². The number of rotatable bonds is 6. The SMILES string of the molecule is COc1cccc([C@@H]2Nc3ccc(S(=O)(=O)Nc4c(C)cccc4C)cc3[C@@H]3C=CC[C@@H]32)c1OC. The van der Waals surface area contributed by atoms with Crippen LogP contribution in [0.4, 0.5) is 11.4 Å². The molecule has 0 saturated heterocycles. The third-order valence-corrected chi connectivity index (χ3v) is 8.48. The summed E-state index contributed by atoms with van der Waals surface area (Å²) < 4.78 is 40.7. The van der Waals surface area contributed by atoms with Crippen molar-refractivity contribution in [1.29, 1.82) is 0 Å². The van der Waals surface area contributed by atoms with Crippen LogP contribution in [0.2, 0.25) is 0 Å². The van der Waals surface area contributed by atoms with Crippen molar-refractivity contribution in [2.75, 3.05) is 24.3 Å². The van der Waals surface area contributed by atoms with Gasteiger partial charge in [0.05, 0.1) is 30.8 Å². The van der Waals surface area contributed by atoms with E-state index in [1.54, 1.807) is 20.3 Å². The Morgan fingerprint density at radius 1 is 0.943 bits per heavy atom. The predicted molar refractivity (Wildman–Crippen MR) is 139 cm³/mol. The summed E-state index contributed by atoms with van der Waals surface area (Å²) in [6.45, 7) is 3.81. The van der Waals surface area contributed by atoms with Crippen molar-refractivity contribution in [1.82, 2.24) is 0 Å². The van der Waals surface area contributed by atoms with E-state index < -0.39 is 10.0 Å². The number of fused-ring (bicyclic) bond motifs is 3. The van der Waals surface area contributed by atoms with E-state index in [1.165, 1.54) is 0 Å². The zero-order valence-corrected chi connectivity index (χ0v) is 21.1. The van der Waals surface area contributed by atoms with Gasteiger partial charge in [-0.25, -0.2) is 8.42 Å². The molecule has 7 heteroatoms. The van der Waals surface area contributed by atoms with Crippen molar-refractivity contribution >= 4 is 21.4 Å². The Kier molecular flexibility index (Phi) is 5.97. The minimum atomic E-state index is -3.74. The molecular weight excluding hydrogens is 460 g/mol. The summed E-state index contributed by atoms with van der Waals surface area (Å²) in [6, 6.07) is 17.0. The first-order valence-corrected chi connectivity index (χ1v) is 13.2. The fourth-order valence-electron chi connectivity index (χ4n) is 5.37. The fraction of sp³-hybridized carbons (Fsp3) is 0.286. The summed E-state index contributed by atoms with van der Waals surface area (Å²) in [5, 5.41) is 3.67. The second-order valence-electron chi connectivity index (χ2n) is 9.18. The minimum absolute atomic E-state index is 0.00255. The number of methoxy groups -OCH3 is 2. The van der Waals surface area contributed by atoms with E-state index in [9.17, 15) is 8.42 Å². The summed E-state index contributed by atoms with van der Waals surface area (Å²) in [4.78, 5) is 0.261. The van der Waals surface area contributed by atoms with Gasteiger partial charge in [-0.3, -0.25) is 4.72 Å². The second kappa shape index (κ2) is 8.96. The molecule has 0 aromatic heterocycles. The van der Waals surface area contributed by atoms with Gasteiger partial charge in [-0.15, -0.1) is 0 Å². The number of allylic oxidation sites excluding steroid dienone is 2. The summed E-state index contributed by atoms with van der Waals surface area (Å²) in [5.41, 5.74) is 5.37. The smallest absolute Gasteiger partial charge is 0.261 e. The van der Waals surface area contributed by atoms with E-state index in [4.69, 9.17) is 9.47 Å². The Labute approximate surface area is 207 Å². The molecule has 0 unspecified atom stereocenters. The van der Waals surface area contributed by atoms with E-state index in [1.807, 2.05) is 56.3 Å². The first kappa shape index (κ1) is 23.3. The number of benzene rings is 3. The molecular formula is C28H30N2O4S. The molecule has 0 amide bonds. The molecule has 35 heavy (non-hydrogen) atoms. The zero-order valence-electron chi connectivity index (χ0n) is 20.3. The Bertz CT molecular complexity index is 1390. The van der Waals surface area contributed by atoms with E-state index in [0.717, 1.165) is 40.1 Å². The topological polar surface area (TPSA) is 76.7 Å². The summed E-state index contributed by atoms with van der Waals surface area (Å²) in [7, 11) is -0.450. The minimum Gasteiger partial charge on any atom is -0.493 e. The Hall–Kier alpha value is -3.45. The molecule has 0 radical (unpaired) electrons. The molecule has 1 aliphatic heterocycles. The van der Waals surface area contributed by atoms with Crippen molar-refractivity contribution < 1.29 is 17.9 Å². The highest BCUT2D eigenvalue weighted by Crippen LogP contribution is 2.52. The first-order valence-electron chi connectivity index (χ1n) is 11.7. The average molecular weight is 491 g/mol. The van der Waals surface area contributed by atoms with E-state index in [0.29, 0.717) is 11.4 Å². The van der Waals surface area contributed by atoms with Gasteiger partial charge in [0.25, 0.3) is 10.0 Å². The normalized spacial score (nSPS) is 20.5. The second-order valence-corrected chi connectivity index (χ2v) is 10.9.